The van der Waals surface area contributed by atoms with Crippen molar-refractivity contribution in [2.75, 3.05) is 13.6 Å². The molecular formula is C16H25N3O2. The lowest BCUT2D eigenvalue weighted by molar-refractivity contribution is -0.129. The van der Waals surface area contributed by atoms with Crippen molar-refractivity contribution < 1.29 is 9.59 Å². The van der Waals surface area contributed by atoms with E-state index in [0.29, 0.717) is 6.42 Å². The first-order valence-electron chi connectivity index (χ1n) is 7.16. The number of hydrogen-bond donors (Lipinski definition) is 3. The van der Waals surface area contributed by atoms with Crippen molar-refractivity contribution in [1.82, 2.24) is 10.6 Å². The molecule has 0 fully saturated rings. The minimum absolute atomic E-state index is 0.111. The zero-order chi connectivity index (χ0) is 15.9. The average molecular weight is 291 g/mol. The maximum atomic E-state index is 12.0. The van der Waals surface area contributed by atoms with E-state index in [1.54, 1.807) is 20.9 Å². The van der Waals surface area contributed by atoms with Gasteiger partial charge in [-0.25, -0.2) is 0 Å². The van der Waals surface area contributed by atoms with Crippen molar-refractivity contribution in [3.8, 4) is 0 Å². The zero-order valence-corrected chi connectivity index (χ0v) is 13.0. The summed E-state index contributed by atoms with van der Waals surface area (Å²) in [6.45, 7) is 3.83. The Morgan fingerprint density at radius 2 is 1.86 bits per heavy atom. The molecule has 0 aliphatic rings. The van der Waals surface area contributed by atoms with Gasteiger partial charge in [0.15, 0.2) is 0 Å². The predicted octanol–water partition coefficient (Wildman–Crippen LogP) is 0.835. The van der Waals surface area contributed by atoms with Crippen LogP contribution in [0.15, 0.2) is 30.3 Å². The molecular weight excluding hydrogens is 266 g/mol. The summed E-state index contributed by atoms with van der Waals surface area (Å²) in [4.78, 5) is 23.6. The van der Waals surface area contributed by atoms with Crippen LogP contribution >= 0.6 is 0 Å². The van der Waals surface area contributed by atoms with Crippen LogP contribution in [0.1, 0.15) is 25.8 Å². The van der Waals surface area contributed by atoms with Crippen molar-refractivity contribution in [3.05, 3.63) is 35.9 Å². The molecule has 0 aliphatic heterocycles. The molecule has 0 radical (unpaired) electrons. The van der Waals surface area contributed by atoms with Gasteiger partial charge in [-0.05, 0) is 32.3 Å². The normalized spacial score (nSPS) is 12.6. The van der Waals surface area contributed by atoms with Gasteiger partial charge in [0.05, 0.1) is 11.5 Å². The van der Waals surface area contributed by atoms with E-state index in [1.807, 2.05) is 30.3 Å². The number of rotatable bonds is 7. The van der Waals surface area contributed by atoms with E-state index in [1.165, 1.54) is 0 Å². The molecule has 1 aromatic rings. The van der Waals surface area contributed by atoms with Crippen molar-refractivity contribution in [2.45, 2.75) is 32.7 Å². The van der Waals surface area contributed by atoms with Crippen LogP contribution < -0.4 is 16.4 Å². The van der Waals surface area contributed by atoms with Crippen LogP contribution in [0.5, 0.6) is 0 Å². The van der Waals surface area contributed by atoms with Crippen molar-refractivity contribution in [2.24, 2.45) is 11.1 Å². The molecule has 1 atom stereocenters. The fourth-order valence-corrected chi connectivity index (χ4v) is 1.96. The van der Waals surface area contributed by atoms with Gasteiger partial charge in [-0.15, -0.1) is 0 Å². The molecule has 0 saturated carbocycles. The number of amides is 2. The lowest BCUT2D eigenvalue weighted by Crippen LogP contribution is -2.48. The number of hydrogen-bond acceptors (Lipinski definition) is 3. The van der Waals surface area contributed by atoms with Gasteiger partial charge in [-0.3, -0.25) is 9.59 Å². The number of nitrogens with two attached hydrogens (primary N) is 1. The summed E-state index contributed by atoms with van der Waals surface area (Å²) in [6, 6.07) is 9.35. The summed E-state index contributed by atoms with van der Waals surface area (Å²) in [7, 11) is 1.58. The van der Waals surface area contributed by atoms with Gasteiger partial charge in [0.2, 0.25) is 11.8 Å². The number of benzene rings is 1. The largest absolute Gasteiger partial charge is 0.359 e. The highest BCUT2D eigenvalue weighted by Crippen LogP contribution is 2.13. The summed E-state index contributed by atoms with van der Waals surface area (Å²) in [5.74, 6) is -0.330. The Labute approximate surface area is 126 Å². The van der Waals surface area contributed by atoms with Gasteiger partial charge in [-0.2, -0.15) is 0 Å². The summed E-state index contributed by atoms with van der Waals surface area (Å²) < 4.78 is 0. The van der Waals surface area contributed by atoms with Crippen LogP contribution in [0.3, 0.4) is 0 Å². The molecule has 0 unspecified atom stereocenters. The quantitative estimate of drug-likeness (QED) is 0.696. The Kier molecular flexibility index (Phi) is 6.37. The summed E-state index contributed by atoms with van der Waals surface area (Å²) in [6.07, 6.45) is 1.34. The molecule has 5 heteroatoms. The molecule has 1 rings (SSSR count). The Bertz CT molecular complexity index is 472. The molecule has 0 bridgehead atoms. The van der Waals surface area contributed by atoms with Crippen LogP contribution in [-0.2, 0) is 16.0 Å². The monoisotopic (exact) mass is 291 g/mol. The van der Waals surface area contributed by atoms with Gasteiger partial charge in [0.25, 0.3) is 0 Å². The third-order valence-electron chi connectivity index (χ3n) is 3.47. The van der Waals surface area contributed by atoms with Crippen LogP contribution in [0.4, 0.5) is 0 Å². The standard InChI is InChI=1S/C16H25N3O2/c1-16(2,15(21)18-3)11-19-14(20)13(17)10-9-12-7-5-4-6-8-12/h4-8,13H,9-11,17H2,1-3H3,(H,18,21)(H,19,20)/t13-/m0/s1. The molecule has 0 aliphatic carbocycles. The first-order valence-corrected chi connectivity index (χ1v) is 7.16. The van der Waals surface area contributed by atoms with Crippen LogP contribution in [0, 0.1) is 5.41 Å². The number of aryl methyl sites for hydroxylation is 1. The van der Waals surface area contributed by atoms with E-state index in [2.05, 4.69) is 10.6 Å². The van der Waals surface area contributed by atoms with E-state index in [9.17, 15) is 9.59 Å². The second-order valence-electron chi connectivity index (χ2n) is 5.81. The smallest absolute Gasteiger partial charge is 0.236 e. The second kappa shape index (κ2) is 7.78. The fourth-order valence-electron chi connectivity index (χ4n) is 1.96. The number of carbonyl (C=O) groups excluding carboxylic acids is 2. The van der Waals surface area contributed by atoms with E-state index in [-0.39, 0.29) is 18.4 Å². The van der Waals surface area contributed by atoms with Gasteiger partial charge in [0.1, 0.15) is 0 Å². The third kappa shape index (κ3) is 5.55. The summed E-state index contributed by atoms with van der Waals surface area (Å²) in [5.41, 5.74) is 6.40. The lowest BCUT2D eigenvalue weighted by atomic mass is 9.92. The van der Waals surface area contributed by atoms with Crippen LogP contribution in [-0.4, -0.2) is 31.4 Å². The molecule has 2 amide bonds. The van der Waals surface area contributed by atoms with Crippen LogP contribution in [0.25, 0.3) is 0 Å². The van der Waals surface area contributed by atoms with Gasteiger partial charge >= 0.3 is 0 Å². The number of carbonyl (C=O) groups is 2. The lowest BCUT2D eigenvalue weighted by Gasteiger charge is -2.23. The molecule has 5 nitrogen and oxygen atoms in total. The second-order valence-corrected chi connectivity index (χ2v) is 5.81. The Morgan fingerprint density at radius 1 is 1.24 bits per heavy atom. The van der Waals surface area contributed by atoms with Gasteiger partial charge < -0.3 is 16.4 Å². The molecule has 0 aromatic heterocycles. The summed E-state index contributed by atoms with van der Waals surface area (Å²) in [5, 5.41) is 5.33. The van der Waals surface area contributed by atoms with E-state index in [0.717, 1.165) is 12.0 Å². The minimum atomic E-state index is -0.649. The third-order valence-corrected chi connectivity index (χ3v) is 3.47. The Balaban J connectivity index is 2.39. The Morgan fingerprint density at radius 3 is 2.43 bits per heavy atom. The minimum Gasteiger partial charge on any atom is -0.359 e. The topological polar surface area (TPSA) is 84.2 Å². The SMILES string of the molecule is CNC(=O)C(C)(C)CNC(=O)[C@@H](N)CCc1ccccc1. The predicted molar refractivity (Wildman–Crippen MR) is 83.6 cm³/mol. The first-order chi connectivity index (χ1) is 9.86. The molecule has 0 heterocycles. The zero-order valence-electron chi connectivity index (χ0n) is 13.0. The van der Waals surface area contributed by atoms with E-state index < -0.39 is 11.5 Å². The van der Waals surface area contributed by atoms with E-state index >= 15 is 0 Å². The highest BCUT2D eigenvalue weighted by atomic mass is 16.2. The van der Waals surface area contributed by atoms with Gasteiger partial charge in [0, 0.05) is 13.6 Å². The summed E-state index contributed by atoms with van der Waals surface area (Å²) >= 11 is 0. The number of nitrogens with one attached hydrogen (secondary N) is 2. The Hall–Kier alpha value is -1.88. The van der Waals surface area contributed by atoms with Crippen LogP contribution in [0.2, 0.25) is 0 Å². The molecule has 0 saturated heterocycles. The molecule has 21 heavy (non-hydrogen) atoms. The highest BCUT2D eigenvalue weighted by molar-refractivity contribution is 5.84. The van der Waals surface area contributed by atoms with Crippen molar-refractivity contribution >= 4 is 11.8 Å². The van der Waals surface area contributed by atoms with E-state index in [4.69, 9.17) is 5.73 Å². The average Bonchev–Trinajstić information content (AvgIpc) is 2.50. The molecule has 4 N–H and O–H groups in total. The maximum absolute atomic E-state index is 12.0. The molecule has 1 aromatic carbocycles. The highest BCUT2D eigenvalue weighted by Gasteiger charge is 2.27. The van der Waals surface area contributed by atoms with Crippen molar-refractivity contribution in [3.63, 3.8) is 0 Å². The first kappa shape index (κ1) is 17.2. The molecule has 0 spiro atoms. The molecule has 116 valence electrons. The maximum Gasteiger partial charge on any atom is 0.236 e. The fraction of sp³-hybridized carbons (Fsp3) is 0.500. The van der Waals surface area contributed by atoms with Crippen molar-refractivity contribution in [1.29, 1.82) is 0 Å². The van der Waals surface area contributed by atoms with Gasteiger partial charge in [-0.1, -0.05) is 30.3 Å².